The third-order valence-corrected chi connectivity index (χ3v) is 5.34. The molecular weight excluding hydrogens is 328 g/mol. The van der Waals surface area contributed by atoms with Crippen molar-refractivity contribution in [1.82, 2.24) is 0 Å². The average molecular weight is 356 g/mol. The van der Waals surface area contributed by atoms with Crippen molar-refractivity contribution in [2.24, 2.45) is 0 Å². The summed E-state index contributed by atoms with van der Waals surface area (Å²) in [6.07, 6.45) is 3.85. The van der Waals surface area contributed by atoms with Gasteiger partial charge in [0.15, 0.2) is 0 Å². The number of benzene rings is 2. The fraction of sp³-hybridized carbons (Fsp3) is 0.455. The fourth-order valence-corrected chi connectivity index (χ4v) is 3.58. The van der Waals surface area contributed by atoms with Crippen LogP contribution in [0.2, 0.25) is 0 Å². The molecule has 3 rings (SSSR count). The fourth-order valence-electron chi connectivity index (χ4n) is 3.58. The number of hydrogen-bond acceptors (Lipinski definition) is 4. The second-order valence-electron chi connectivity index (χ2n) is 6.95. The Labute approximate surface area is 156 Å². The zero-order valence-electron chi connectivity index (χ0n) is 16.1. The topological polar surface area (TPSA) is 36.9 Å². The van der Waals surface area contributed by atoms with Gasteiger partial charge in [0.25, 0.3) is 0 Å². The first-order valence-corrected chi connectivity index (χ1v) is 9.12. The molecule has 0 aromatic heterocycles. The molecule has 2 aromatic carbocycles. The number of ether oxygens (including phenoxy) is 4. The van der Waals surface area contributed by atoms with Crippen molar-refractivity contribution in [3.05, 3.63) is 42.0 Å². The van der Waals surface area contributed by atoms with E-state index in [1.165, 1.54) is 5.56 Å². The Morgan fingerprint density at radius 1 is 0.923 bits per heavy atom. The predicted molar refractivity (Wildman–Crippen MR) is 103 cm³/mol. The lowest BCUT2D eigenvalue weighted by Crippen LogP contribution is -2.29. The van der Waals surface area contributed by atoms with Gasteiger partial charge in [-0.3, -0.25) is 0 Å². The van der Waals surface area contributed by atoms with Crippen molar-refractivity contribution in [2.45, 2.75) is 38.2 Å². The number of rotatable bonds is 4. The maximum Gasteiger partial charge on any atom is 0.127 e. The molecule has 0 aliphatic carbocycles. The number of methoxy groups -OCH3 is 3. The van der Waals surface area contributed by atoms with Crippen LogP contribution in [0.1, 0.15) is 31.7 Å². The molecule has 1 unspecified atom stereocenters. The molecule has 0 amide bonds. The lowest BCUT2D eigenvalue weighted by Gasteiger charge is -2.27. The molecule has 0 spiro atoms. The van der Waals surface area contributed by atoms with Crippen molar-refractivity contribution in [3.63, 3.8) is 0 Å². The van der Waals surface area contributed by atoms with Gasteiger partial charge >= 0.3 is 0 Å². The summed E-state index contributed by atoms with van der Waals surface area (Å²) in [6.45, 7) is 2.81. The molecule has 0 radical (unpaired) electrons. The third-order valence-electron chi connectivity index (χ3n) is 5.34. The summed E-state index contributed by atoms with van der Waals surface area (Å²) in [4.78, 5) is 0. The van der Waals surface area contributed by atoms with E-state index in [1.54, 1.807) is 21.3 Å². The highest BCUT2D eigenvalue weighted by atomic mass is 16.5. The summed E-state index contributed by atoms with van der Waals surface area (Å²) in [5.41, 5.74) is 3.28. The van der Waals surface area contributed by atoms with Gasteiger partial charge < -0.3 is 18.9 Å². The van der Waals surface area contributed by atoms with Crippen LogP contribution < -0.4 is 14.2 Å². The molecule has 1 heterocycles. The minimum Gasteiger partial charge on any atom is -0.497 e. The molecule has 1 aliphatic heterocycles. The first-order chi connectivity index (χ1) is 12.6. The zero-order valence-corrected chi connectivity index (χ0v) is 16.1. The van der Waals surface area contributed by atoms with Crippen molar-refractivity contribution in [2.75, 3.05) is 27.9 Å². The van der Waals surface area contributed by atoms with E-state index < -0.39 is 0 Å². The van der Waals surface area contributed by atoms with Crippen LogP contribution >= 0.6 is 0 Å². The van der Waals surface area contributed by atoms with Gasteiger partial charge in [-0.25, -0.2) is 0 Å². The maximum atomic E-state index is 6.15. The van der Waals surface area contributed by atoms with Gasteiger partial charge in [-0.1, -0.05) is 12.1 Å². The Bertz CT molecular complexity index is 739. The molecule has 1 aliphatic rings. The third kappa shape index (κ3) is 3.80. The molecule has 0 bridgehead atoms. The van der Waals surface area contributed by atoms with E-state index in [0.29, 0.717) is 6.61 Å². The van der Waals surface area contributed by atoms with E-state index in [-0.39, 0.29) is 5.60 Å². The molecule has 4 heteroatoms. The summed E-state index contributed by atoms with van der Waals surface area (Å²) >= 11 is 0. The van der Waals surface area contributed by atoms with E-state index in [2.05, 4.69) is 19.1 Å². The predicted octanol–water partition coefficient (Wildman–Crippen LogP) is 4.88. The SMILES string of the molecule is COc1ccc(-c2c(OC)ccc3c2CCCC(C)(OC)CCO3)cc1. The van der Waals surface area contributed by atoms with Gasteiger partial charge in [-0.2, -0.15) is 0 Å². The van der Waals surface area contributed by atoms with E-state index in [0.717, 1.165) is 54.1 Å². The van der Waals surface area contributed by atoms with Crippen LogP contribution in [-0.2, 0) is 11.2 Å². The van der Waals surface area contributed by atoms with Crippen molar-refractivity contribution in [1.29, 1.82) is 0 Å². The Hall–Kier alpha value is -2.20. The van der Waals surface area contributed by atoms with Crippen LogP contribution in [0.5, 0.6) is 17.2 Å². The summed E-state index contributed by atoms with van der Waals surface area (Å²) in [6, 6.07) is 12.1. The Kier molecular flexibility index (Phi) is 5.72. The summed E-state index contributed by atoms with van der Waals surface area (Å²) in [7, 11) is 5.18. The Morgan fingerprint density at radius 2 is 1.69 bits per heavy atom. The molecule has 2 aromatic rings. The Balaban J connectivity index is 2.03. The molecule has 140 valence electrons. The van der Waals surface area contributed by atoms with E-state index in [4.69, 9.17) is 18.9 Å². The van der Waals surface area contributed by atoms with Crippen molar-refractivity contribution < 1.29 is 18.9 Å². The molecule has 4 nitrogen and oxygen atoms in total. The minimum atomic E-state index is -0.133. The quantitative estimate of drug-likeness (QED) is 0.782. The molecule has 1 atom stereocenters. The van der Waals surface area contributed by atoms with Crippen LogP contribution in [-0.4, -0.2) is 33.5 Å². The largest absolute Gasteiger partial charge is 0.497 e. The lowest BCUT2D eigenvalue weighted by atomic mass is 9.91. The van der Waals surface area contributed by atoms with Crippen LogP contribution in [0.4, 0.5) is 0 Å². The second-order valence-corrected chi connectivity index (χ2v) is 6.95. The molecular formula is C22H28O4. The molecule has 26 heavy (non-hydrogen) atoms. The highest BCUT2D eigenvalue weighted by Crippen LogP contribution is 2.41. The second kappa shape index (κ2) is 8.00. The minimum absolute atomic E-state index is 0.133. The van der Waals surface area contributed by atoms with Crippen molar-refractivity contribution in [3.8, 4) is 28.4 Å². The Morgan fingerprint density at radius 3 is 2.35 bits per heavy atom. The van der Waals surface area contributed by atoms with Gasteiger partial charge in [-0.15, -0.1) is 0 Å². The molecule has 0 N–H and O–H groups in total. The zero-order chi connectivity index (χ0) is 18.6. The van der Waals surface area contributed by atoms with Crippen LogP contribution in [0.3, 0.4) is 0 Å². The van der Waals surface area contributed by atoms with Gasteiger partial charge in [0.05, 0.1) is 26.4 Å². The van der Waals surface area contributed by atoms with Gasteiger partial charge in [0.1, 0.15) is 17.2 Å². The van der Waals surface area contributed by atoms with Gasteiger partial charge in [0.2, 0.25) is 0 Å². The van der Waals surface area contributed by atoms with Gasteiger partial charge in [0, 0.05) is 24.7 Å². The molecule has 0 fully saturated rings. The average Bonchev–Trinajstić information content (AvgIpc) is 2.76. The van der Waals surface area contributed by atoms with E-state index in [9.17, 15) is 0 Å². The smallest absolute Gasteiger partial charge is 0.127 e. The maximum absolute atomic E-state index is 6.15. The lowest BCUT2D eigenvalue weighted by molar-refractivity contribution is -0.0171. The first kappa shape index (κ1) is 18.6. The number of fused-ring (bicyclic) bond motifs is 1. The summed E-state index contributed by atoms with van der Waals surface area (Å²) in [5, 5.41) is 0. The highest BCUT2D eigenvalue weighted by Gasteiger charge is 2.26. The highest BCUT2D eigenvalue weighted by molar-refractivity contribution is 5.77. The summed E-state index contributed by atoms with van der Waals surface area (Å²) in [5.74, 6) is 2.65. The number of hydrogen-bond donors (Lipinski definition) is 0. The molecule has 0 saturated carbocycles. The van der Waals surface area contributed by atoms with Gasteiger partial charge in [-0.05, 0) is 56.0 Å². The molecule has 0 saturated heterocycles. The standard InChI is InChI=1S/C22H28O4/c1-22(25-4)13-5-6-18-19(26-15-14-22)11-12-20(24-3)21(18)16-7-9-17(23-2)10-8-16/h7-12H,5-6,13-15H2,1-4H3. The summed E-state index contributed by atoms with van der Waals surface area (Å²) < 4.78 is 22.9. The normalized spacial score (nSPS) is 20.2. The van der Waals surface area contributed by atoms with Crippen LogP contribution in [0.15, 0.2) is 36.4 Å². The van der Waals surface area contributed by atoms with Crippen LogP contribution in [0.25, 0.3) is 11.1 Å². The van der Waals surface area contributed by atoms with Crippen molar-refractivity contribution >= 4 is 0 Å². The van der Waals surface area contributed by atoms with E-state index in [1.807, 2.05) is 24.3 Å². The monoisotopic (exact) mass is 356 g/mol. The van der Waals surface area contributed by atoms with Crippen LogP contribution in [0, 0.1) is 0 Å². The first-order valence-electron chi connectivity index (χ1n) is 9.12. The van der Waals surface area contributed by atoms with E-state index >= 15 is 0 Å².